The van der Waals surface area contributed by atoms with E-state index in [1.54, 1.807) is 6.08 Å². The van der Waals surface area contributed by atoms with E-state index in [1.807, 2.05) is 0 Å². The minimum Gasteiger partial charge on any atom is -0.469 e. The average Bonchev–Trinajstić information content (AvgIpc) is 2.39. The number of hydrogen-bond acceptors (Lipinski definition) is 5. The highest BCUT2D eigenvalue weighted by Gasteiger charge is 2.61. The van der Waals surface area contributed by atoms with E-state index in [4.69, 9.17) is 14.2 Å². The highest BCUT2D eigenvalue weighted by atomic mass is 79.9. The van der Waals surface area contributed by atoms with Gasteiger partial charge in [0.2, 0.25) is 5.79 Å². The van der Waals surface area contributed by atoms with Crippen molar-refractivity contribution in [1.29, 1.82) is 0 Å². The number of methoxy groups -OCH3 is 3. The molecule has 3 aliphatic rings. The van der Waals surface area contributed by atoms with Gasteiger partial charge in [-0.15, -0.1) is 0 Å². The van der Waals surface area contributed by atoms with E-state index in [2.05, 4.69) is 15.9 Å². The SMILES string of the molecule is COC(=O)[C@H]1C[C@H]2C(Br)=C[C@@H]1C(=O)C2(OC)OC. The van der Waals surface area contributed by atoms with Crippen LogP contribution in [0, 0.1) is 17.8 Å². The molecule has 0 unspecified atom stereocenters. The number of Topliss-reactive ketones (excluding diaryl/α,β-unsaturated/α-hetero) is 1. The van der Waals surface area contributed by atoms with Crippen molar-refractivity contribution in [2.24, 2.45) is 17.8 Å². The van der Waals surface area contributed by atoms with Gasteiger partial charge in [-0.1, -0.05) is 22.0 Å². The molecule has 2 bridgehead atoms. The fourth-order valence-corrected chi connectivity index (χ4v) is 3.65. The summed E-state index contributed by atoms with van der Waals surface area (Å²) < 4.78 is 16.2. The third-order valence-corrected chi connectivity index (χ3v) is 4.63. The van der Waals surface area contributed by atoms with Gasteiger partial charge < -0.3 is 14.2 Å². The first-order valence-corrected chi connectivity index (χ1v) is 6.40. The Bertz CT molecular complexity index is 413. The summed E-state index contributed by atoms with van der Waals surface area (Å²) in [6.45, 7) is 0. The van der Waals surface area contributed by atoms with E-state index in [1.165, 1.54) is 21.3 Å². The van der Waals surface area contributed by atoms with Crippen LogP contribution in [0.15, 0.2) is 10.6 Å². The van der Waals surface area contributed by atoms with Gasteiger partial charge in [-0.05, 0) is 6.42 Å². The van der Waals surface area contributed by atoms with E-state index in [-0.39, 0.29) is 17.7 Å². The van der Waals surface area contributed by atoms with E-state index >= 15 is 0 Å². The molecule has 3 aliphatic carbocycles. The molecule has 0 aliphatic heterocycles. The van der Waals surface area contributed by atoms with Gasteiger partial charge in [0.1, 0.15) is 0 Å². The van der Waals surface area contributed by atoms with Crippen LogP contribution < -0.4 is 0 Å². The number of allylic oxidation sites excluding steroid dienone is 1. The summed E-state index contributed by atoms with van der Waals surface area (Å²) in [5.74, 6) is -3.20. The molecule has 0 aromatic carbocycles. The molecule has 0 N–H and O–H groups in total. The van der Waals surface area contributed by atoms with Crippen molar-refractivity contribution in [3.8, 4) is 0 Å². The van der Waals surface area contributed by atoms with Crippen molar-refractivity contribution in [3.05, 3.63) is 10.6 Å². The molecule has 3 rings (SSSR count). The molecule has 0 radical (unpaired) electrons. The maximum Gasteiger partial charge on any atom is 0.309 e. The van der Waals surface area contributed by atoms with Crippen LogP contribution in [0.3, 0.4) is 0 Å². The molecule has 5 nitrogen and oxygen atoms in total. The lowest BCUT2D eigenvalue weighted by Crippen LogP contribution is -2.61. The summed E-state index contributed by atoms with van der Waals surface area (Å²) >= 11 is 3.43. The molecule has 1 fully saturated rings. The van der Waals surface area contributed by atoms with Crippen molar-refractivity contribution in [3.63, 3.8) is 0 Å². The van der Waals surface area contributed by atoms with Gasteiger partial charge in [0.25, 0.3) is 0 Å². The van der Waals surface area contributed by atoms with Gasteiger partial charge in [-0.3, -0.25) is 9.59 Å². The molecule has 6 heteroatoms. The topological polar surface area (TPSA) is 61.8 Å². The normalized spacial score (nSPS) is 33.2. The van der Waals surface area contributed by atoms with Crippen LogP contribution >= 0.6 is 15.9 Å². The van der Waals surface area contributed by atoms with Crippen LogP contribution in [-0.4, -0.2) is 38.9 Å². The lowest BCUT2D eigenvalue weighted by Gasteiger charge is -2.48. The zero-order valence-electron chi connectivity index (χ0n) is 10.4. The van der Waals surface area contributed by atoms with Crippen molar-refractivity contribution in [2.75, 3.05) is 21.3 Å². The summed E-state index contributed by atoms with van der Waals surface area (Å²) in [5, 5.41) is 0. The molecular weight excluding hydrogens is 304 g/mol. The molecule has 0 saturated heterocycles. The number of ketones is 1. The molecule has 3 atom stereocenters. The Morgan fingerprint density at radius 3 is 2.50 bits per heavy atom. The Labute approximate surface area is 114 Å². The van der Waals surface area contributed by atoms with Gasteiger partial charge in [0.05, 0.1) is 24.9 Å². The first-order valence-electron chi connectivity index (χ1n) is 5.61. The number of esters is 1. The van der Waals surface area contributed by atoms with Crippen LogP contribution in [0.4, 0.5) is 0 Å². The average molecular weight is 319 g/mol. The van der Waals surface area contributed by atoms with Gasteiger partial charge in [0, 0.05) is 18.7 Å². The fraction of sp³-hybridized carbons (Fsp3) is 0.667. The summed E-state index contributed by atoms with van der Waals surface area (Å²) in [6.07, 6.45) is 2.23. The van der Waals surface area contributed by atoms with Crippen molar-refractivity contribution >= 4 is 27.7 Å². The van der Waals surface area contributed by atoms with Gasteiger partial charge in [0.15, 0.2) is 5.78 Å². The molecule has 0 spiro atoms. The fourth-order valence-electron chi connectivity index (χ4n) is 2.88. The maximum absolute atomic E-state index is 12.4. The number of fused-ring (bicyclic) bond motifs is 2. The molecule has 18 heavy (non-hydrogen) atoms. The Morgan fingerprint density at radius 2 is 2.00 bits per heavy atom. The number of carbonyl (C=O) groups is 2. The molecule has 100 valence electrons. The molecule has 0 amide bonds. The lowest BCUT2D eigenvalue weighted by atomic mass is 9.64. The Kier molecular flexibility index (Phi) is 3.62. The molecule has 0 heterocycles. The Hall–Kier alpha value is -0.720. The first-order chi connectivity index (χ1) is 8.51. The monoisotopic (exact) mass is 318 g/mol. The van der Waals surface area contributed by atoms with Crippen LogP contribution in [-0.2, 0) is 23.8 Å². The number of hydrogen-bond donors (Lipinski definition) is 0. The molecule has 1 saturated carbocycles. The van der Waals surface area contributed by atoms with E-state index in [0.717, 1.165) is 4.48 Å². The van der Waals surface area contributed by atoms with Crippen molar-refractivity contribution in [1.82, 2.24) is 0 Å². The summed E-state index contributed by atoms with van der Waals surface area (Å²) in [6, 6.07) is 0. The lowest BCUT2D eigenvalue weighted by molar-refractivity contribution is -0.241. The third kappa shape index (κ3) is 1.66. The van der Waals surface area contributed by atoms with Crippen molar-refractivity contribution < 1.29 is 23.8 Å². The largest absolute Gasteiger partial charge is 0.469 e. The second-order valence-corrected chi connectivity index (χ2v) is 5.35. The van der Waals surface area contributed by atoms with Crippen LogP contribution in [0.1, 0.15) is 6.42 Å². The summed E-state index contributed by atoms with van der Waals surface area (Å²) in [7, 11) is 4.21. The van der Waals surface area contributed by atoms with Gasteiger partial charge >= 0.3 is 5.97 Å². The van der Waals surface area contributed by atoms with E-state index in [0.29, 0.717) is 6.42 Å². The van der Waals surface area contributed by atoms with E-state index < -0.39 is 17.6 Å². The van der Waals surface area contributed by atoms with Crippen LogP contribution in [0.2, 0.25) is 0 Å². The van der Waals surface area contributed by atoms with Gasteiger partial charge in [-0.2, -0.15) is 0 Å². The highest BCUT2D eigenvalue weighted by molar-refractivity contribution is 9.11. The van der Waals surface area contributed by atoms with Gasteiger partial charge in [-0.25, -0.2) is 0 Å². The standard InChI is InChI=1S/C12H15BrO5/c1-16-11(15)7-4-8-9(13)5-6(7)10(14)12(8,17-2)18-3/h5-8H,4H2,1-3H3/t6-,7-,8-/m0/s1. The second kappa shape index (κ2) is 4.75. The molecule has 0 aromatic heterocycles. The smallest absolute Gasteiger partial charge is 0.309 e. The number of halogens is 1. The highest BCUT2D eigenvalue weighted by Crippen LogP contribution is 2.51. The number of rotatable bonds is 3. The minimum atomic E-state index is -1.29. The minimum absolute atomic E-state index is 0.220. The quantitative estimate of drug-likeness (QED) is 0.579. The molecule has 0 aromatic rings. The number of carbonyl (C=O) groups excluding carboxylic acids is 2. The van der Waals surface area contributed by atoms with Crippen molar-refractivity contribution in [2.45, 2.75) is 12.2 Å². The number of ether oxygens (including phenoxy) is 3. The van der Waals surface area contributed by atoms with Crippen LogP contribution in [0.25, 0.3) is 0 Å². The van der Waals surface area contributed by atoms with Crippen LogP contribution in [0.5, 0.6) is 0 Å². The zero-order valence-corrected chi connectivity index (χ0v) is 12.0. The van der Waals surface area contributed by atoms with E-state index in [9.17, 15) is 9.59 Å². The molecular formula is C12H15BrO5. The zero-order chi connectivity index (χ0) is 13.5. The Balaban J connectivity index is 2.42. The Morgan fingerprint density at radius 1 is 1.39 bits per heavy atom. The predicted octanol–water partition coefficient (Wildman–Crippen LogP) is 1.26. The maximum atomic E-state index is 12.4. The summed E-state index contributed by atoms with van der Waals surface area (Å²) in [5.41, 5.74) is 0. The predicted molar refractivity (Wildman–Crippen MR) is 65.9 cm³/mol. The second-order valence-electron chi connectivity index (χ2n) is 4.44. The first kappa shape index (κ1) is 13.7. The third-order valence-electron chi connectivity index (χ3n) is 3.81. The summed E-state index contributed by atoms with van der Waals surface area (Å²) in [4.78, 5) is 24.1.